The fourth-order valence-corrected chi connectivity index (χ4v) is 1.49. The van der Waals surface area contributed by atoms with E-state index < -0.39 is 0 Å². The van der Waals surface area contributed by atoms with E-state index in [-0.39, 0.29) is 5.91 Å². The summed E-state index contributed by atoms with van der Waals surface area (Å²) in [6.45, 7) is 6.37. The molecule has 0 saturated carbocycles. The van der Waals surface area contributed by atoms with Crippen LogP contribution in [0.5, 0.6) is 0 Å². The number of nitrogens with zero attached hydrogens (tertiary/aromatic N) is 3. The van der Waals surface area contributed by atoms with Crippen LogP contribution >= 0.6 is 0 Å². The van der Waals surface area contributed by atoms with Gasteiger partial charge in [-0.25, -0.2) is 0 Å². The Kier molecular flexibility index (Phi) is 6.07. The lowest BCUT2D eigenvalue weighted by Gasteiger charge is -2.19. The van der Waals surface area contributed by atoms with Crippen molar-refractivity contribution in [2.45, 2.75) is 13.8 Å². The smallest absolute Gasteiger partial charge is 0.274 e. The number of carbonyl (C=O) groups is 1. The summed E-state index contributed by atoms with van der Waals surface area (Å²) in [6, 6.07) is 3.44. The van der Waals surface area contributed by atoms with Crippen molar-refractivity contribution in [1.82, 2.24) is 15.1 Å². The first-order valence-corrected chi connectivity index (χ1v) is 6.08. The van der Waals surface area contributed by atoms with Crippen LogP contribution in [0.3, 0.4) is 0 Å². The molecule has 0 fully saturated rings. The number of anilines is 1. The first-order valence-electron chi connectivity index (χ1n) is 6.08. The highest BCUT2D eigenvalue weighted by Gasteiger charge is 2.15. The Morgan fingerprint density at radius 3 is 2.67 bits per heavy atom. The lowest BCUT2D eigenvalue weighted by molar-refractivity contribution is 0.0699. The minimum atomic E-state index is -0.120. The Morgan fingerprint density at radius 1 is 1.39 bits per heavy atom. The van der Waals surface area contributed by atoms with E-state index in [1.165, 1.54) is 0 Å². The molecule has 0 saturated heterocycles. The molecule has 1 N–H and O–H groups in total. The third-order valence-corrected chi connectivity index (χ3v) is 2.48. The number of nitrogens with one attached hydrogen (secondary N) is 1. The predicted octanol–water partition coefficient (Wildman–Crippen LogP) is 1.02. The van der Waals surface area contributed by atoms with E-state index in [0.29, 0.717) is 31.2 Å². The Morgan fingerprint density at radius 2 is 2.17 bits per heavy atom. The third-order valence-electron chi connectivity index (χ3n) is 2.48. The van der Waals surface area contributed by atoms with Crippen LogP contribution in [0, 0.1) is 0 Å². The number of carbonyl (C=O) groups excluding carboxylic acids is 1. The number of hydrogen-bond acceptors (Lipinski definition) is 5. The fourth-order valence-electron chi connectivity index (χ4n) is 1.49. The van der Waals surface area contributed by atoms with Gasteiger partial charge >= 0.3 is 0 Å². The first kappa shape index (κ1) is 14.4. The minimum Gasteiger partial charge on any atom is -0.383 e. The number of rotatable bonds is 7. The van der Waals surface area contributed by atoms with Gasteiger partial charge in [0.1, 0.15) is 5.82 Å². The van der Waals surface area contributed by atoms with Gasteiger partial charge in [0.15, 0.2) is 5.69 Å². The normalized spacial score (nSPS) is 10.2. The van der Waals surface area contributed by atoms with Crippen molar-refractivity contribution in [3.05, 3.63) is 17.8 Å². The van der Waals surface area contributed by atoms with Crippen LogP contribution < -0.4 is 5.32 Å². The second-order valence-electron chi connectivity index (χ2n) is 3.71. The van der Waals surface area contributed by atoms with Crippen LogP contribution in [0.4, 0.5) is 5.82 Å². The molecule has 0 unspecified atom stereocenters. The molecule has 1 aromatic rings. The van der Waals surface area contributed by atoms with Gasteiger partial charge in [-0.15, -0.1) is 10.2 Å². The van der Waals surface area contributed by atoms with Crippen molar-refractivity contribution in [2.24, 2.45) is 0 Å². The predicted molar refractivity (Wildman–Crippen MR) is 69.6 cm³/mol. The first-order chi connectivity index (χ1) is 8.72. The topological polar surface area (TPSA) is 67.4 Å². The highest BCUT2D eigenvalue weighted by molar-refractivity contribution is 5.92. The largest absolute Gasteiger partial charge is 0.383 e. The molecule has 1 amide bonds. The molecule has 1 aromatic heterocycles. The molecule has 0 aliphatic heterocycles. The van der Waals surface area contributed by atoms with Gasteiger partial charge in [-0.1, -0.05) is 0 Å². The summed E-state index contributed by atoms with van der Waals surface area (Å²) in [4.78, 5) is 13.8. The van der Waals surface area contributed by atoms with Crippen molar-refractivity contribution >= 4 is 11.7 Å². The Bertz CT molecular complexity index is 367. The van der Waals surface area contributed by atoms with Gasteiger partial charge in [0, 0.05) is 26.7 Å². The molecule has 0 bridgehead atoms. The van der Waals surface area contributed by atoms with Crippen LogP contribution in [0.25, 0.3) is 0 Å². The molecule has 6 heteroatoms. The molecule has 1 heterocycles. The van der Waals surface area contributed by atoms with Crippen molar-refractivity contribution in [3.63, 3.8) is 0 Å². The number of methoxy groups -OCH3 is 1. The van der Waals surface area contributed by atoms with Crippen molar-refractivity contribution in [1.29, 1.82) is 0 Å². The highest BCUT2D eigenvalue weighted by Crippen LogP contribution is 2.05. The number of likely N-dealkylation sites (N-methyl/N-ethyl adjacent to an activating group) is 1. The number of amides is 1. The zero-order valence-corrected chi connectivity index (χ0v) is 11.1. The van der Waals surface area contributed by atoms with Crippen LogP contribution in [-0.2, 0) is 4.74 Å². The summed E-state index contributed by atoms with van der Waals surface area (Å²) < 4.78 is 4.97. The third kappa shape index (κ3) is 3.96. The van der Waals surface area contributed by atoms with E-state index in [4.69, 9.17) is 4.74 Å². The summed E-state index contributed by atoms with van der Waals surface area (Å²) in [5.41, 5.74) is 0.356. The number of aromatic nitrogens is 2. The van der Waals surface area contributed by atoms with Gasteiger partial charge < -0.3 is 15.0 Å². The van der Waals surface area contributed by atoms with Crippen LogP contribution in [-0.4, -0.2) is 54.4 Å². The maximum atomic E-state index is 12.1. The van der Waals surface area contributed by atoms with E-state index in [9.17, 15) is 4.79 Å². The Labute approximate surface area is 107 Å². The van der Waals surface area contributed by atoms with Gasteiger partial charge in [0.25, 0.3) is 5.91 Å². The molecule has 0 atom stereocenters. The molecule has 1 rings (SSSR count). The molecule has 0 spiro atoms. The van der Waals surface area contributed by atoms with Crippen molar-refractivity contribution in [3.8, 4) is 0 Å². The summed E-state index contributed by atoms with van der Waals surface area (Å²) >= 11 is 0. The maximum Gasteiger partial charge on any atom is 0.274 e. The van der Waals surface area contributed by atoms with E-state index in [1.807, 2.05) is 13.8 Å². The summed E-state index contributed by atoms with van der Waals surface area (Å²) in [6.07, 6.45) is 0. The molecule has 0 radical (unpaired) electrons. The molecule has 0 aliphatic rings. The van der Waals surface area contributed by atoms with Crippen molar-refractivity contribution in [2.75, 3.05) is 38.7 Å². The van der Waals surface area contributed by atoms with E-state index in [1.54, 1.807) is 24.1 Å². The number of ether oxygens (including phenoxy) is 1. The molecule has 6 nitrogen and oxygen atoms in total. The van der Waals surface area contributed by atoms with Crippen molar-refractivity contribution < 1.29 is 9.53 Å². The average molecular weight is 252 g/mol. The van der Waals surface area contributed by atoms with Gasteiger partial charge in [-0.3, -0.25) is 4.79 Å². The van der Waals surface area contributed by atoms with E-state index in [0.717, 1.165) is 6.54 Å². The van der Waals surface area contributed by atoms with Crippen LogP contribution in [0.1, 0.15) is 24.3 Å². The molecule has 0 aliphatic carbocycles. The van der Waals surface area contributed by atoms with Gasteiger partial charge in [0.2, 0.25) is 0 Å². The summed E-state index contributed by atoms with van der Waals surface area (Å²) in [5, 5.41) is 10.9. The highest BCUT2D eigenvalue weighted by atomic mass is 16.5. The molecular formula is C12H20N4O2. The quantitative estimate of drug-likeness (QED) is 0.784. The van der Waals surface area contributed by atoms with Crippen LogP contribution in [0.15, 0.2) is 12.1 Å². The zero-order chi connectivity index (χ0) is 13.4. The molecule has 0 aromatic carbocycles. The van der Waals surface area contributed by atoms with E-state index >= 15 is 0 Å². The number of hydrogen-bond donors (Lipinski definition) is 1. The lowest BCUT2D eigenvalue weighted by Crippen LogP contribution is -2.34. The van der Waals surface area contributed by atoms with E-state index in [2.05, 4.69) is 15.5 Å². The fraction of sp³-hybridized carbons (Fsp3) is 0.583. The second-order valence-corrected chi connectivity index (χ2v) is 3.71. The van der Waals surface area contributed by atoms with Crippen LogP contribution in [0.2, 0.25) is 0 Å². The minimum absolute atomic E-state index is 0.120. The lowest BCUT2D eigenvalue weighted by atomic mass is 10.3. The molecule has 18 heavy (non-hydrogen) atoms. The van der Waals surface area contributed by atoms with Gasteiger partial charge in [-0.05, 0) is 26.0 Å². The average Bonchev–Trinajstić information content (AvgIpc) is 2.40. The molecular weight excluding hydrogens is 232 g/mol. The SMILES string of the molecule is CCNc1ccc(C(=O)N(CC)CCOC)nn1. The summed E-state index contributed by atoms with van der Waals surface area (Å²) in [7, 11) is 1.61. The Hall–Kier alpha value is -1.69. The summed E-state index contributed by atoms with van der Waals surface area (Å²) in [5.74, 6) is 0.555. The van der Waals surface area contributed by atoms with Gasteiger partial charge in [0.05, 0.1) is 6.61 Å². The van der Waals surface area contributed by atoms with Gasteiger partial charge in [-0.2, -0.15) is 0 Å². The monoisotopic (exact) mass is 252 g/mol. The second kappa shape index (κ2) is 7.60. The Balaban J connectivity index is 2.69. The standard InChI is InChI=1S/C12H20N4O2/c1-4-13-11-7-6-10(14-15-11)12(17)16(5-2)8-9-18-3/h6-7H,4-5,8-9H2,1-3H3,(H,13,15). The zero-order valence-electron chi connectivity index (χ0n) is 11.1. The maximum absolute atomic E-state index is 12.1. The molecule has 100 valence electrons.